The fourth-order valence-corrected chi connectivity index (χ4v) is 3.61. The van der Waals surface area contributed by atoms with Gasteiger partial charge in [0.2, 0.25) is 5.91 Å². The molecule has 0 aromatic heterocycles. The second-order valence-corrected chi connectivity index (χ2v) is 7.48. The maximum Gasteiger partial charge on any atom is 0.244 e. The van der Waals surface area contributed by atoms with Gasteiger partial charge in [-0.1, -0.05) is 53.6 Å². The van der Waals surface area contributed by atoms with E-state index in [2.05, 4.69) is 0 Å². The fourth-order valence-electron chi connectivity index (χ4n) is 3.48. The monoisotopic (exact) mass is 372 g/mol. The summed E-state index contributed by atoms with van der Waals surface area (Å²) in [5.74, 6) is 0.0871. The number of aliphatic hydroxyl groups is 1. The summed E-state index contributed by atoms with van der Waals surface area (Å²) in [6.07, 6.45) is 0.988. The van der Waals surface area contributed by atoms with E-state index >= 15 is 0 Å². The van der Waals surface area contributed by atoms with Gasteiger partial charge < -0.3 is 15.7 Å². The van der Waals surface area contributed by atoms with E-state index in [-0.39, 0.29) is 11.8 Å². The number of hydrogen-bond donors (Lipinski definition) is 2. The maximum atomic E-state index is 12.7. The van der Waals surface area contributed by atoms with Gasteiger partial charge in [-0.3, -0.25) is 4.79 Å². The molecule has 0 aliphatic carbocycles. The van der Waals surface area contributed by atoms with Crippen LogP contribution in [0.5, 0.6) is 0 Å². The van der Waals surface area contributed by atoms with Crippen LogP contribution in [0.2, 0.25) is 5.02 Å². The number of carbonyl (C=O) groups excluding carboxylic acids is 1. The van der Waals surface area contributed by atoms with E-state index in [0.717, 1.165) is 29.5 Å². The van der Waals surface area contributed by atoms with Gasteiger partial charge >= 0.3 is 0 Å². The number of halogens is 1. The minimum atomic E-state index is -0.631. The Labute approximate surface area is 159 Å². The first-order valence-corrected chi connectivity index (χ1v) is 9.38. The predicted octanol–water partition coefficient (Wildman–Crippen LogP) is 3.62. The second-order valence-electron chi connectivity index (χ2n) is 7.05. The summed E-state index contributed by atoms with van der Waals surface area (Å²) in [5, 5.41) is 11.3. The molecule has 2 aromatic rings. The molecule has 2 unspecified atom stereocenters. The average Bonchev–Trinajstić information content (AvgIpc) is 2.67. The fraction of sp³-hybridized carbons (Fsp3) is 0.381. The molecule has 0 spiro atoms. The zero-order chi connectivity index (χ0) is 18.7. The van der Waals surface area contributed by atoms with Crippen LogP contribution in [0.4, 0.5) is 0 Å². The van der Waals surface area contributed by atoms with Gasteiger partial charge in [-0.2, -0.15) is 0 Å². The summed E-state index contributed by atoms with van der Waals surface area (Å²) < 4.78 is 0. The smallest absolute Gasteiger partial charge is 0.244 e. The summed E-state index contributed by atoms with van der Waals surface area (Å²) in [5.41, 5.74) is 9.02. The van der Waals surface area contributed by atoms with Crippen LogP contribution in [0, 0.1) is 12.8 Å². The molecule has 1 amide bonds. The summed E-state index contributed by atoms with van der Waals surface area (Å²) in [7, 11) is 0. The highest BCUT2D eigenvalue weighted by Gasteiger charge is 2.30. The minimum Gasteiger partial charge on any atom is -0.388 e. The Kier molecular flexibility index (Phi) is 5.97. The molecule has 2 aromatic carbocycles. The molecule has 1 saturated heterocycles. The van der Waals surface area contributed by atoms with Crippen molar-refractivity contribution < 1.29 is 9.90 Å². The zero-order valence-corrected chi connectivity index (χ0v) is 15.7. The van der Waals surface area contributed by atoms with E-state index in [1.54, 1.807) is 12.1 Å². The number of nitrogens with zero attached hydrogens (tertiary/aromatic N) is 1. The van der Waals surface area contributed by atoms with E-state index in [9.17, 15) is 9.90 Å². The predicted molar refractivity (Wildman–Crippen MR) is 104 cm³/mol. The van der Waals surface area contributed by atoms with Gasteiger partial charge in [-0.15, -0.1) is 0 Å². The molecule has 3 N–H and O–H groups in total. The lowest BCUT2D eigenvalue weighted by Crippen LogP contribution is -2.44. The van der Waals surface area contributed by atoms with E-state index < -0.39 is 12.1 Å². The van der Waals surface area contributed by atoms with Gasteiger partial charge in [0.05, 0.1) is 6.10 Å². The molecule has 1 aliphatic heterocycles. The van der Waals surface area contributed by atoms with E-state index in [1.807, 2.05) is 48.2 Å². The Morgan fingerprint density at radius 1 is 1.08 bits per heavy atom. The largest absolute Gasteiger partial charge is 0.388 e. The van der Waals surface area contributed by atoms with Crippen LogP contribution in [0.25, 0.3) is 0 Å². The van der Waals surface area contributed by atoms with Gasteiger partial charge in [0, 0.05) is 18.1 Å². The number of hydrogen-bond acceptors (Lipinski definition) is 3. The summed E-state index contributed by atoms with van der Waals surface area (Å²) in [4.78, 5) is 14.5. The van der Waals surface area contributed by atoms with Gasteiger partial charge in [0.15, 0.2) is 0 Å². The van der Waals surface area contributed by atoms with Crippen LogP contribution >= 0.6 is 11.6 Å². The molecule has 5 heteroatoms. The number of likely N-dealkylation sites (tertiary alicyclic amines) is 1. The number of benzene rings is 2. The van der Waals surface area contributed by atoms with Gasteiger partial charge in [-0.25, -0.2) is 0 Å². The second kappa shape index (κ2) is 8.21. The molecule has 138 valence electrons. The Balaban J connectivity index is 1.58. The van der Waals surface area contributed by atoms with Crippen molar-refractivity contribution in [2.75, 3.05) is 13.1 Å². The first-order valence-electron chi connectivity index (χ1n) is 9.00. The minimum absolute atomic E-state index is 0.0479. The number of carbonyl (C=O) groups is 1. The summed E-state index contributed by atoms with van der Waals surface area (Å²) in [6, 6.07) is 14.4. The normalized spacial score (nSPS) is 17.8. The van der Waals surface area contributed by atoms with Crippen LogP contribution < -0.4 is 5.73 Å². The van der Waals surface area contributed by atoms with Crippen molar-refractivity contribution in [1.29, 1.82) is 0 Å². The SMILES string of the molecule is Cc1ccc(C(N)C(=O)N2CCC(C(O)c3ccc(Cl)cc3)CC2)cc1. The van der Waals surface area contributed by atoms with Crippen molar-refractivity contribution in [3.63, 3.8) is 0 Å². The van der Waals surface area contributed by atoms with Crippen LogP contribution in [-0.2, 0) is 4.79 Å². The first-order chi connectivity index (χ1) is 12.5. The molecular weight excluding hydrogens is 348 g/mol. The van der Waals surface area contributed by atoms with Crippen molar-refractivity contribution in [3.8, 4) is 0 Å². The highest BCUT2D eigenvalue weighted by atomic mass is 35.5. The van der Waals surface area contributed by atoms with E-state index in [1.165, 1.54) is 0 Å². The molecule has 4 nitrogen and oxygen atoms in total. The van der Waals surface area contributed by atoms with Crippen LogP contribution in [-0.4, -0.2) is 29.0 Å². The summed E-state index contributed by atoms with van der Waals surface area (Å²) in [6.45, 7) is 3.25. The number of nitrogens with two attached hydrogens (primary N) is 1. The summed E-state index contributed by atoms with van der Waals surface area (Å²) >= 11 is 5.91. The Hall–Kier alpha value is -1.88. The highest BCUT2D eigenvalue weighted by molar-refractivity contribution is 6.30. The molecule has 26 heavy (non-hydrogen) atoms. The average molecular weight is 373 g/mol. The molecule has 2 atom stereocenters. The molecule has 1 aliphatic rings. The molecule has 0 bridgehead atoms. The number of aryl methyl sites for hydroxylation is 1. The third-order valence-corrected chi connectivity index (χ3v) is 5.46. The number of piperidine rings is 1. The number of amides is 1. The molecule has 1 fully saturated rings. The number of rotatable bonds is 4. The van der Waals surface area contributed by atoms with Gasteiger partial charge in [0.1, 0.15) is 6.04 Å². The Bertz CT molecular complexity index is 738. The number of aliphatic hydroxyl groups excluding tert-OH is 1. The molecular formula is C21H25ClN2O2. The van der Waals surface area contributed by atoms with Crippen molar-refractivity contribution in [2.24, 2.45) is 11.7 Å². The maximum absolute atomic E-state index is 12.7. The molecule has 0 radical (unpaired) electrons. The third-order valence-electron chi connectivity index (χ3n) is 5.21. The standard InChI is InChI=1S/C21H25ClN2O2/c1-14-2-4-15(5-3-14)19(23)21(26)24-12-10-17(11-13-24)20(25)16-6-8-18(22)9-7-16/h2-9,17,19-20,25H,10-13,23H2,1H3. The van der Waals surface area contributed by atoms with E-state index in [4.69, 9.17) is 17.3 Å². The highest BCUT2D eigenvalue weighted by Crippen LogP contribution is 2.32. The molecule has 0 saturated carbocycles. The topological polar surface area (TPSA) is 66.6 Å². The van der Waals surface area contributed by atoms with Crippen molar-refractivity contribution in [3.05, 3.63) is 70.2 Å². The van der Waals surface area contributed by atoms with Crippen molar-refractivity contribution in [2.45, 2.75) is 31.9 Å². The first kappa shape index (κ1) is 18.9. The van der Waals surface area contributed by atoms with Crippen molar-refractivity contribution in [1.82, 2.24) is 4.90 Å². The Morgan fingerprint density at radius 3 is 2.19 bits per heavy atom. The Morgan fingerprint density at radius 2 is 1.62 bits per heavy atom. The van der Waals surface area contributed by atoms with Crippen molar-refractivity contribution >= 4 is 17.5 Å². The lowest BCUT2D eigenvalue weighted by atomic mass is 9.87. The van der Waals surface area contributed by atoms with Crippen LogP contribution in [0.1, 0.15) is 41.7 Å². The van der Waals surface area contributed by atoms with Gasteiger partial charge in [0.25, 0.3) is 0 Å². The van der Waals surface area contributed by atoms with E-state index in [0.29, 0.717) is 18.1 Å². The van der Waals surface area contributed by atoms with Crippen LogP contribution in [0.15, 0.2) is 48.5 Å². The zero-order valence-electron chi connectivity index (χ0n) is 14.9. The lowest BCUT2D eigenvalue weighted by Gasteiger charge is -2.35. The molecule has 3 rings (SSSR count). The quantitative estimate of drug-likeness (QED) is 0.861. The van der Waals surface area contributed by atoms with Gasteiger partial charge in [-0.05, 0) is 48.9 Å². The third kappa shape index (κ3) is 4.26. The lowest BCUT2D eigenvalue weighted by molar-refractivity contribution is -0.134. The molecule has 1 heterocycles. The van der Waals surface area contributed by atoms with Crippen LogP contribution in [0.3, 0.4) is 0 Å².